The Labute approximate surface area is 115 Å². The predicted octanol–water partition coefficient (Wildman–Crippen LogP) is 2.44. The van der Waals surface area contributed by atoms with Gasteiger partial charge in [0.05, 0.1) is 0 Å². The summed E-state index contributed by atoms with van der Waals surface area (Å²) in [6.45, 7) is 6.34. The number of hydrogen-bond donors (Lipinski definition) is 2. The maximum absolute atomic E-state index is 5.53. The molecule has 0 radical (unpaired) electrons. The van der Waals surface area contributed by atoms with Gasteiger partial charge < -0.3 is 10.3 Å². The molecule has 5 nitrogen and oxygen atoms in total. The van der Waals surface area contributed by atoms with Crippen molar-refractivity contribution in [3.63, 3.8) is 0 Å². The SMILES string of the molecule is CN(c1cc(NN)nc(C(C)(C)C)n1)C1CCCC1. The maximum Gasteiger partial charge on any atom is 0.145 e. The van der Waals surface area contributed by atoms with Crippen molar-refractivity contribution in [2.75, 3.05) is 17.4 Å². The number of nitrogens with zero attached hydrogens (tertiary/aromatic N) is 3. The van der Waals surface area contributed by atoms with Crippen LogP contribution in [0.4, 0.5) is 11.6 Å². The van der Waals surface area contributed by atoms with Crippen LogP contribution in [0.3, 0.4) is 0 Å². The quantitative estimate of drug-likeness (QED) is 0.647. The molecule has 2 rings (SSSR count). The fraction of sp³-hybridized carbons (Fsp3) is 0.714. The summed E-state index contributed by atoms with van der Waals surface area (Å²) in [5.41, 5.74) is 2.56. The standard InChI is InChI=1S/C14H25N5/c1-14(2,3)13-16-11(18-15)9-12(17-13)19(4)10-7-5-6-8-10/h9-10H,5-8,15H2,1-4H3,(H,16,17,18). The first-order chi connectivity index (χ1) is 8.91. The van der Waals surface area contributed by atoms with Gasteiger partial charge >= 0.3 is 0 Å². The molecule has 3 N–H and O–H groups in total. The van der Waals surface area contributed by atoms with Crippen LogP contribution in [0, 0.1) is 0 Å². The van der Waals surface area contributed by atoms with Gasteiger partial charge in [-0.05, 0) is 12.8 Å². The first-order valence-electron chi connectivity index (χ1n) is 7.01. The lowest BCUT2D eigenvalue weighted by Crippen LogP contribution is -2.31. The zero-order valence-electron chi connectivity index (χ0n) is 12.4. The number of nitrogen functional groups attached to an aromatic ring is 1. The summed E-state index contributed by atoms with van der Waals surface area (Å²) < 4.78 is 0. The molecule has 0 aliphatic heterocycles. The van der Waals surface area contributed by atoms with Crippen LogP contribution in [-0.2, 0) is 5.41 Å². The summed E-state index contributed by atoms with van der Waals surface area (Å²) in [6.07, 6.45) is 5.12. The summed E-state index contributed by atoms with van der Waals surface area (Å²) in [5, 5.41) is 0. The molecule has 5 heteroatoms. The third-order valence-corrected chi connectivity index (χ3v) is 3.77. The predicted molar refractivity (Wildman–Crippen MR) is 79.2 cm³/mol. The Bertz CT molecular complexity index is 432. The van der Waals surface area contributed by atoms with Gasteiger partial charge in [0.2, 0.25) is 0 Å². The van der Waals surface area contributed by atoms with Crippen molar-refractivity contribution in [2.45, 2.75) is 57.9 Å². The lowest BCUT2D eigenvalue weighted by molar-refractivity contribution is 0.542. The van der Waals surface area contributed by atoms with Gasteiger partial charge in [0.1, 0.15) is 17.5 Å². The summed E-state index contributed by atoms with van der Waals surface area (Å²) in [6, 6.07) is 2.52. The molecule has 0 unspecified atom stereocenters. The van der Waals surface area contributed by atoms with Crippen molar-refractivity contribution in [1.29, 1.82) is 0 Å². The number of nitrogens with two attached hydrogens (primary N) is 1. The van der Waals surface area contributed by atoms with Crippen LogP contribution in [0.1, 0.15) is 52.3 Å². The molecule has 19 heavy (non-hydrogen) atoms. The maximum atomic E-state index is 5.53. The van der Waals surface area contributed by atoms with E-state index in [0.29, 0.717) is 11.9 Å². The number of hydrazine groups is 1. The Morgan fingerprint density at radius 3 is 2.42 bits per heavy atom. The van der Waals surface area contributed by atoms with Crippen molar-refractivity contribution in [2.24, 2.45) is 5.84 Å². The van der Waals surface area contributed by atoms with Crippen LogP contribution in [-0.4, -0.2) is 23.1 Å². The molecule has 106 valence electrons. The summed E-state index contributed by atoms with van der Waals surface area (Å²) >= 11 is 0. The van der Waals surface area contributed by atoms with Gasteiger partial charge in [0.15, 0.2) is 0 Å². The highest BCUT2D eigenvalue weighted by Gasteiger charge is 2.24. The topological polar surface area (TPSA) is 67.1 Å². The molecular weight excluding hydrogens is 238 g/mol. The van der Waals surface area contributed by atoms with Gasteiger partial charge in [0, 0.05) is 24.6 Å². The monoisotopic (exact) mass is 263 g/mol. The lowest BCUT2D eigenvalue weighted by atomic mass is 9.96. The highest BCUT2D eigenvalue weighted by atomic mass is 15.3. The molecule has 1 saturated carbocycles. The molecule has 1 aromatic heterocycles. The smallest absolute Gasteiger partial charge is 0.145 e. The van der Waals surface area contributed by atoms with E-state index < -0.39 is 0 Å². The van der Waals surface area contributed by atoms with Crippen LogP contribution >= 0.6 is 0 Å². The van der Waals surface area contributed by atoms with E-state index >= 15 is 0 Å². The minimum atomic E-state index is -0.0852. The van der Waals surface area contributed by atoms with E-state index in [-0.39, 0.29) is 5.41 Å². The molecule has 0 amide bonds. The Balaban J connectivity index is 2.33. The molecule has 0 bridgehead atoms. The number of aromatic nitrogens is 2. The Kier molecular flexibility index (Phi) is 3.94. The molecule has 1 fully saturated rings. The fourth-order valence-corrected chi connectivity index (χ4v) is 2.50. The second-order valence-corrected chi connectivity index (χ2v) is 6.38. The average Bonchev–Trinajstić information content (AvgIpc) is 2.90. The Hall–Kier alpha value is -1.36. The zero-order valence-corrected chi connectivity index (χ0v) is 12.4. The van der Waals surface area contributed by atoms with Gasteiger partial charge in [-0.1, -0.05) is 33.6 Å². The summed E-state index contributed by atoms with van der Waals surface area (Å²) in [4.78, 5) is 11.4. The van der Waals surface area contributed by atoms with Gasteiger partial charge in [-0.25, -0.2) is 15.8 Å². The highest BCUT2D eigenvalue weighted by Crippen LogP contribution is 2.28. The number of anilines is 2. The van der Waals surface area contributed by atoms with Crippen LogP contribution < -0.4 is 16.2 Å². The van der Waals surface area contributed by atoms with Crippen molar-refractivity contribution in [1.82, 2.24) is 9.97 Å². The third-order valence-electron chi connectivity index (χ3n) is 3.77. The lowest BCUT2D eigenvalue weighted by Gasteiger charge is -2.27. The van der Waals surface area contributed by atoms with Gasteiger partial charge in [-0.2, -0.15) is 0 Å². The molecule has 1 aromatic rings. The molecular formula is C14H25N5. The largest absolute Gasteiger partial charge is 0.357 e. The first kappa shape index (κ1) is 14.1. The van der Waals surface area contributed by atoms with E-state index in [1.165, 1.54) is 25.7 Å². The van der Waals surface area contributed by atoms with Gasteiger partial charge in [0.25, 0.3) is 0 Å². The molecule has 0 spiro atoms. The second kappa shape index (κ2) is 5.33. The van der Waals surface area contributed by atoms with Crippen molar-refractivity contribution in [3.8, 4) is 0 Å². The van der Waals surface area contributed by atoms with E-state index in [2.05, 4.69) is 43.1 Å². The normalized spacial score (nSPS) is 16.7. The molecule has 0 atom stereocenters. The van der Waals surface area contributed by atoms with Crippen molar-refractivity contribution >= 4 is 11.6 Å². The van der Waals surface area contributed by atoms with Crippen LogP contribution in [0.15, 0.2) is 6.07 Å². The van der Waals surface area contributed by atoms with Gasteiger partial charge in [-0.15, -0.1) is 0 Å². The summed E-state index contributed by atoms with van der Waals surface area (Å²) in [7, 11) is 2.12. The van der Waals surface area contributed by atoms with E-state index in [0.717, 1.165) is 11.6 Å². The second-order valence-electron chi connectivity index (χ2n) is 6.38. The third kappa shape index (κ3) is 3.15. The molecule has 0 saturated heterocycles. The minimum Gasteiger partial charge on any atom is -0.357 e. The summed E-state index contributed by atoms with van der Waals surface area (Å²) in [5.74, 6) is 7.99. The van der Waals surface area contributed by atoms with Crippen LogP contribution in [0.25, 0.3) is 0 Å². The van der Waals surface area contributed by atoms with Crippen molar-refractivity contribution in [3.05, 3.63) is 11.9 Å². The van der Waals surface area contributed by atoms with Crippen LogP contribution in [0.5, 0.6) is 0 Å². The van der Waals surface area contributed by atoms with Crippen LogP contribution in [0.2, 0.25) is 0 Å². The molecule has 1 aliphatic rings. The molecule has 1 aliphatic carbocycles. The number of hydrogen-bond acceptors (Lipinski definition) is 5. The van der Waals surface area contributed by atoms with E-state index in [4.69, 9.17) is 10.8 Å². The first-order valence-corrected chi connectivity index (χ1v) is 7.01. The minimum absolute atomic E-state index is 0.0852. The number of rotatable bonds is 3. The van der Waals surface area contributed by atoms with Gasteiger partial charge in [-0.3, -0.25) is 0 Å². The molecule has 0 aromatic carbocycles. The fourth-order valence-electron chi connectivity index (χ4n) is 2.50. The number of nitrogens with one attached hydrogen (secondary N) is 1. The van der Waals surface area contributed by atoms with E-state index in [9.17, 15) is 0 Å². The van der Waals surface area contributed by atoms with E-state index in [1.807, 2.05) is 6.07 Å². The molecule has 1 heterocycles. The van der Waals surface area contributed by atoms with Crippen molar-refractivity contribution < 1.29 is 0 Å². The Morgan fingerprint density at radius 2 is 1.89 bits per heavy atom. The van der Waals surface area contributed by atoms with E-state index in [1.54, 1.807) is 0 Å². The average molecular weight is 263 g/mol. The zero-order chi connectivity index (χ0) is 14.0. The Morgan fingerprint density at radius 1 is 1.26 bits per heavy atom. The highest BCUT2D eigenvalue weighted by molar-refractivity contribution is 5.49.